The van der Waals surface area contributed by atoms with Crippen molar-refractivity contribution in [2.24, 2.45) is 0 Å². The predicted molar refractivity (Wildman–Crippen MR) is 117 cm³/mol. The zero-order valence-corrected chi connectivity index (χ0v) is 18.2. The standard InChI is InChI=1S/C21H17F4N5O2.H2S/c1-12-11-29(15-2-3-17(21(23,24)25)13(8-15)9-22)20(32)18-16(10-27-30(12)18)19(31)28-14-4-6-26-7-5-14;/h2-8,10,12H,9,11H2,1H3,(H,26,28,31);1H2/t12-;/m0./s1. The number of hydrogen-bond acceptors (Lipinski definition) is 4. The summed E-state index contributed by atoms with van der Waals surface area (Å²) in [7, 11) is 0. The molecule has 33 heavy (non-hydrogen) atoms. The van der Waals surface area contributed by atoms with Crippen LogP contribution in [0.15, 0.2) is 48.9 Å². The summed E-state index contributed by atoms with van der Waals surface area (Å²) in [4.78, 5) is 31.1. The van der Waals surface area contributed by atoms with E-state index in [9.17, 15) is 27.2 Å². The highest BCUT2D eigenvalue weighted by Crippen LogP contribution is 2.36. The number of fused-ring (bicyclic) bond motifs is 1. The van der Waals surface area contributed by atoms with E-state index in [2.05, 4.69) is 15.4 Å². The van der Waals surface area contributed by atoms with Crippen molar-refractivity contribution in [1.82, 2.24) is 14.8 Å². The van der Waals surface area contributed by atoms with Gasteiger partial charge in [-0.1, -0.05) is 0 Å². The number of alkyl halides is 4. The van der Waals surface area contributed by atoms with Gasteiger partial charge in [0, 0.05) is 30.3 Å². The van der Waals surface area contributed by atoms with Gasteiger partial charge in [0.05, 0.1) is 23.4 Å². The Morgan fingerprint density at radius 3 is 2.55 bits per heavy atom. The molecule has 0 bridgehead atoms. The van der Waals surface area contributed by atoms with E-state index in [1.54, 1.807) is 19.1 Å². The van der Waals surface area contributed by atoms with Gasteiger partial charge in [0.15, 0.2) is 0 Å². The minimum absolute atomic E-state index is 0. The Hall–Kier alpha value is -3.41. The number of amides is 2. The summed E-state index contributed by atoms with van der Waals surface area (Å²) in [5.41, 5.74) is -1.07. The lowest BCUT2D eigenvalue weighted by molar-refractivity contribution is -0.138. The summed E-state index contributed by atoms with van der Waals surface area (Å²) in [6, 6.07) is 5.66. The van der Waals surface area contributed by atoms with Gasteiger partial charge in [-0.3, -0.25) is 19.3 Å². The number of aromatic nitrogens is 3. The zero-order chi connectivity index (χ0) is 23.0. The number of halogens is 4. The fourth-order valence-corrected chi connectivity index (χ4v) is 3.62. The molecule has 3 aromatic rings. The van der Waals surface area contributed by atoms with Gasteiger partial charge in [-0.25, -0.2) is 4.39 Å². The minimum atomic E-state index is -4.71. The van der Waals surface area contributed by atoms with Crippen LogP contribution < -0.4 is 10.2 Å². The van der Waals surface area contributed by atoms with E-state index < -0.39 is 35.8 Å². The average Bonchev–Trinajstić information content (AvgIpc) is 3.22. The molecule has 1 aromatic carbocycles. The molecular formula is C21H19F4N5O2S. The molecular weight excluding hydrogens is 462 g/mol. The molecule has 2 aromatic heterocycles. The molecule has 4 rings (SSSR count). The molecule has 0 radical (unpaired) electrons. The van der Waals surface area contributed by atoms with E-state index in [1.165, 1.54) is 28.2 Å². The van der Waals surface area contributed by atoms with E-state index in [0.717, 1.165) is 18.2 Å². The Balaban J connectivity index is 0.00000306. The van der Waals surface area contributed by atoms with Crippen LogP contribution in [-0.4, -0.2) is 33.1 Å². The number of nitrogens with zero attached hydrogens (tertiary/aromatic N) is 4. The van der Waals surface area contributed by atoms with Gasteiger partial charge in [-0.2, -0.15) is 31.8 Å². The second kappa shape index (κ2) is 9.22. The summed E-state index contributed by atoms with van der Waals surface area (Å²) in [6.45, 7) is 0.508. The Morgan fingerprint density at radius 2 is 1.91 bits per heavy atom. The quantitative estimate of drug-likeness (QED) is 0.562. The highest BCUT2D eigenvalue weighted by Gasteiger charge is 2.37. The minimum Gasteiger partial charge on any atom is -0.322 e. The predicted octanol–water partition coefficient (Wildman–Crippen LogP) is 4.35. The molecule has 1 N–H and O–H groups in total. The number of rotatable bonds is 4. The van der Waals surface area contributed by atoms with E-state index in [-0.39, 0.29) is 43.0 Å². The lowest BCUT2D eigenvalue weighted by Crippen LogP contribution is -2.43. The molecule has 0 spiro atoms. The maximum Gasteiger partial charge on any atom is 0.416 e. The molecule has 7 nitrogen and oxygen atoms in total. The van der Waals surface area contributed by atoms with Crippen molar-refractivity contribution in [2.75, 3.05) is 16.8 Å². The maximum atomic E-state index is 13.3. The molecule has 0 fully saturated rings. The van der Waals surface area contributed by atoms with E-state index in [0.29, 0.717) is 5.69 Å². The van der Waals surface area contributed by atoms with Gasteiger partial charge in [0.2, 0.25) is 0 Å². The third-order valence-electron chi connectivity index (χ3n) is 5.14. The normalized spacial score (nSPS) is 15.6. The van der Waals surface area contributed by atoms with Crippen molar-refractivity contribution in [2.45, 2.75) is 25.8 Å². The summed E-state index contributed by atoms with van der Waals surface area (Å²) in [6.07, 6.45) is -0.463. The molecule has 0 saturated carbocycles. The van der Waals surface area contributed by atoms with E-state index >= 15 is 0 Å². The number of benzene rings is 1. The number of carbonyl (C=O) groups is 2. The monoisotopic (exact) mass is 481 g/mol. The highest BCUT2D eigenvalue weighted by atomic mass is 32.1. The van der Waals surface area contributed by atoms with Gasteiger partial charge in [0.25, 0.3) is 11.8 Å². The molecule has 3 heterocycles. The molecule has 2 amide bonds. The van der Waals surface area contributed by atoms with Crippen molar-refractivity contribution in [3.63, 3.8) is 0 Å². The van der Waals surface area contributed by atoms with Crippen LogP contribution in [0.1, 0.15) is 44.9 Å². The van der Waals surface area contributed by atoms with Crippen LogP contribution in [0.4, 0.5) is 28.9 Å². The Labute approximate surface area is 192 Å². The second-order valence-electron chi connectivity index (χ2n) is 7.28. The molecule has 0 saturated heterocycles. The molecule has 1 aliphatic rings. The van der Waals surface area contributed by atoms with Crippen LogP contribution in [-0.2, 0) is 12.9 Å². The first-order valence-corrected chi connectivity index (χ1v) is 9.57. The molecule has 1 atom stereocenters. The fourth-order valence-electron chi connectivity index (χ4n) is 3.62. The first-order valence-electron chi connectivity index (χ1n) is 9.57. The van der Waals surface area contributed by atoms with Gasteiger partial charge in [-0.15, -0.1) is 0 Å². The molecule has 12 heteroatoms. The topological polar surface area (TPSA) is 80.1 Å². The molecule has 0 aliphatic carbocycles. The first-order chi connectivity index (χ1) is 15.2. The van der Waals surface area contributed by atoms with E-state index in [4.69, 9.17) is 0 Å². The third kappa shape index (κ3) is 4.56. The summed E-state index contributed by atoms with van der Waals surface area (Å²) in [5, 5.41) is 6.80. The van der Waals surface area contributed by atoms with Crippen LogP contribution in [0.25, 0.3) is 0 Å². The van der Waals surface area contributed by atoms with Crippen LogP contribution in [0.5, 0.6) is 0 Å². The van der Waals surface area contributed by atoms with Crippen molar-refractivity contribution in [3.8, 4) is 0 Å². The van der Waals surface area contributed by atoms with Gasteiger partial charge in [0.1, 0.15) is 12.4 Å². The molecule has 0 unspecified atom stereocenters. The van der Waals surface area contributed by atoms with Crippen molar-refractivity contribution < 1.29 is 27.2 Å². The third-order valence-corrected chi connectivity index (χ3v) is 5.14. The van der Waals surface area contributed by atoms with Crippen molar-refractivity contribution >= 4 is 36.7 Å². The Kier molecular flexibility index (Phi) is 6.77. The van der Waals surface area contributed by atoms with Gasteiger partial charge < -0.3 is 10.2 Å². The van der Waals surface area contributed by atoms with Gasteiger partial charge in [-0.05, 0) is 42.8 Å². The van der Waals surface area contributed by atoms with Crippen LogP contribution in [0.2, 0.25) is 0 Å². The number of pyridine rings is 1. The lowest BCUT2D eigenvalue weighted by Gasteiger charge is -2.32. The lowest BCUT2D eigenvalue weighted by atomic mass is 10.0. The molecule has 1 aliphatic heterocycles. The summed E-state index contributed by atoms with van der Waals surface area (Å²) >= 11 is 0. The Morgan fingerprint density at radius 1 is 1.21 bits per heavy atom. The smallest absolute Gasteiger partial charge is 0.322 e. The maximum absolute atomic E-state index is 13.3. The summed E-state index contributed by atoms with van der Waals surface area (Å²) in [5.74, 6) is -1.19. The number of carbonyl (C=O) groups excluding carboxylic acids is 2. The number of hydrogen-bond donors (Lipinski definition) is 1. The average molecular weight is 481 g/mol. The zero-order valence-electron chi connectivity index (χ0n) is 17.2. The van der Waals surface area contributed by atoms with Crippen molar-refractivity contribution in [3.05, 3.63) is 71.3 Å². The number of anilines is 2. The van der Waals surface area contributed by atoms with Crippen LogP contribution >= 0.6 is 13.5 Å². The summed E-state index contributed by atoms with van der Waals surface area (Å²) < 4.78 is 54.1. The van der Waals surface area contributed by atoms with Crippen molar-refractivity contribution in [1.29, 1.82) is 0 Å². The largest absolute Gasteiger partial charge is 0.416 e. The SMILES string of the molecule is C[C@H]1CN(c2ccc(C(F)(F)F)c(CF)c2)C(=O)c2c(C(=O)Nc3ccncc3)cnn21.S. The Bertz CT molecular complexity index is 1180. The fraction of sp³-hybridized carbons (Fsp3) is 0.238. The van der Waals surface area contributed by atoms with Crippen LogP contribution in [0.3, 0.4) is 0 Å². The molecule has 174 valence electrons. The van der Waals surface area contributed by atoms with E-state index in [1.807, 2.05) is 0 Å². The first kappa shape index (κ1) is 24.2. The number of nitrogens with one attached hydrogen (secondary N) is 1. The van der Waals surface area contributed by atoms with Crippen LogP contribution in [0, 0.1) is 0 Å². The highest BCUT2D eigenvalue weighted by molar-refractivity contribution is 7.59. The second-order valence-corrected chi connectivity index (χ2v) is 7.28. The van der Waals surface area contributed by atoms with Gasteiger partial charge >= 0.3 is 6.18 Å².